The van der Waals surface area contributed by atoms with Crippen LogP contribution in [0.2, 0.25) is 0 Å². The maximum absolute atomic E-state index is 12.4. The van der Waals surface area contributed by atoms with E-state index < -0.39 is 0 Å². The van der Waals surface area contributed by atoms with Crippen molar-refractivity contribution < 1.29 is 4.79 Å². The molecule has 0 saturated heterocycles. The van der Waals surface area contributed by atoms with E-state index in [-0.39, 0.29) is 12.3 Å². The van der Waals surface area contributed by atoms with Gasteiger partial charge in [-0.1, -0.05) is 36.4 Å². The van der Waals surface area contributed by atoms with E-state index in [9.17, 15) is 4.79 Å². The summed E-state index contributed by atoms with van der Waals surface area (Å²) in [5, 5.41) is 9.12. The molecular weight excluding hydrogens is 262 g/mol. The van der Waals surface area contributed by atoms with Crippen LogP contribution in [0.15, 0.2) is 48.5 Å². The lowest BCUT2D eigenvalue weighted by Crippen LogP contribution is -2.29. The highest BCUT2D eigenvalue weighted by Crippen LogP contribution is 2.19. The summed E-state index contributed by atoms with van der Waals surface area (Å²) in [6, 6.07) is 16.8. The van der Waals surface area contributed by atoms with Gasteiger partial charge in [0, 0.05) is 13.6 Å². The first-order valence-corrected chi connectivity index (χ1v) is 6.70. The minimum Gasteiger partial charge on any atom is -0.326 e. The number of hydrogen-bond donors (Lipinski definition) is 1. The molecular formula is C17H17N3O. The molecule has 0 unspecified atom stereocenters. The molecule has 2 rings (SSSR count). The molecule has 0 bridgehead atoms. The van der Waals surface area contributed by atoms with Crippen molar-refractivity contribution in [3.63, 3.8) is 0 Å². The normalized spacial score (nSPS) is 9.95. The average molecular weight is 279 g/mol. The van der Waals surface area contributed by atoms with Crippen LogP contribution in [-0.4, -0.2) is 13.0 Å². The zero-order chi connectivity index (χ0) is 15.2. The molecule has 21 heavy (non-hydrogen) atoms. The van der Waals surface area contributed by atoms with Crippen LogP contribution in [0.25, 0.3) is 0 Å². The van der Waals surface area contributed by atoms with Gasteiger partial charge in [0.05, 0.1) is 17.7 Å². The first-order valence-electron chi connectivity index (χ1n) is 6.70. The zero-order valence-corrected chi connectivity index (χ0v) is 11.9. The van der Waals surface area contributed by atoms with E-state index >= 15 is 0 Å². The van der Waals surface area contributed by atoms with Crippen molar-refractivity contribution in [2.75, 3.05) is 11.9 Å². The van der Waals surface area contributed by atoms with Gasteiger partial charge in [-0.25, -0.2) is 0 Å². The summed E-state index contributed by atoms with van der Waals surface area (Å²) in [6.07, 6.45) is 0.267. The third kappa shape index (κ3) is 3.28. The van der Waals surface area contributed by atoms with Crippen molar-refractivity contribution >= 4 is 11.6 Å². The lowest BCUT2D eigenvalue weighted by molar-refractivity contribution is -0.117. The number of likely N-dealkylation sites (N-methyl/N-ethyl adjacent to an activating group) is 1. The Morgan fingerprint density at radius 1 is 1.14 bits per heavy atom. The van der Waals surface area contributed by atoms with Gasteiger partial charge in [0.2, 0.25) is 5.91 Å². The van der Waals surface area contributed by atoms with Crippen LogP contribution < -0.4 is 10.6 Å². The highest BCUT2D eigenvalue weighted by Gasteiger charge is 2.15. The second-order valence-corrected chi connectivity index (χ2v) is 4.73. The third-order valence-corrected chi connectivity index (χ3v) is 3.44. The molecule has 4 nitrogen and oxygen atoms in total. The molecule has 0 fully saturated rings. The average Bonchev–Trinajstić information content (AvgIpc) is 2.54. The molecule has 0 atom stereocenters. The summed E-state index contributed by atoms with van der Waals surface area (Å²) in [6.45, 7) is 0.405. The summed E-state index contributed by atoms with van der Waals surface area (Å²) in [5.74, 6) is -0.0707. The Labute approximate surface area is 124 Å². The summed E-state index contributed by atoms with van der Waals surface area (Å²) in [7, 11) is 1.68. The fourth-order valence-electron chi connectivity index (χ4n) is 2.21. The molecule has 0 spiro atoms. The lowest BCUT2D eigenvalue weighted by Gasteiger charge is -2.19. The van der Waals surface area contributed by atoms with E-state index in [0.717, 1.165) is 11.1 Å². The number of anilines is 1. The van der Waals surface area contributed by atoms with E-state index in [1.54, 1.807) is 25.2 Å². The van der Waals surface area contributed by atoms with Gasteiger partial charge in [-0.15, -0.1) is 0 Å². The monoisotopic (exact) mass is 279 g/mol. The fraction of sp³-hybridized carbons (Fsp3) is 0.176. The molecule has 1 amide bonds. The van der Waals surface area contributed by atoms with Crippen LogP contribution in [0.3, 0.4) is 0 Å². The number of hydrogen-bond acceptors (Lipinski definition) is 3. The molecule has 2 aromatic rings. The van der Waals surface area contributed by atoms with E-state index in [4.69, 9.17) is 11.0 Å². The molecule has 2 N–H and O–H groups in total. The Balaban J connectivity index is 2.22. The second-order valence-electron chi connectivity index (χ2n) is 4.73. The smallest absolute Gasteiger partial charge is 0.231 e. The van der Waals surface area contributed by atoms with Crippen LogP contribution >= 0.6 is 0 Å². The molecule has 0 aliphatic carbocycles. The lowest BCUT2D eigenvalue weighted by atomic mass is 10.0. The van der Waals surface area contributed by atoms with Gasteiger partial charge in [-0.05, 0) is 23.3 Å². The number of benzene rings is 2. The second kappa shape index (κ2) is 6.69. The van der Waals surface area contributed by atoms with Gasteiger partial charge in [-0.2, -0.15) is 5.26 Å². The topological polar surface area (TPSA) is 70.1 Å². The molecule has 0 aromatic heterocycles. The van der Waals surface area contributed by atoms with Crippen LogP contribution in [0.1, 0.15) is 16.7 Å². The largest absolute Gasteiger partial charge is 0.326 e. The predicted molar refractivity (Wildman–Crippen MR) is 82.6 cm³/mol. The van der Waals surface area contributed by atoms with Gasteiger partial charge in [0.1, 0.15) is 6.07 Å². The van der Waals surface area contributed by atoms with Crippen molar-refractivity contribution in [2.45, 2.75) is 13.0 Å². The Morgan fingerprint density at radius 3 is 2.43 bits per heavy atom. The standard InChI is InChI=1S/C17H17N3O/c1-20(16-9-5-4-8-15(16)12-19)17(21)10-13-6-2-3-7-14(13)11-18/h2-9H,10-11,18H2,1H3. The molecule has 0 radical (unpaired) electrons. The number of para-hydroxylation sites is 1. The molecule has 106 valence electrons. The van der Waals surface area contributed by atoms with Gasteiger partial charge >= 0.3 is 0 Å². The number of amides is 1. The van der Waals surface area contributed by atoms with Crippen LogP contribution in [0.4, 0.5) is 5.69 Å². The van der Waals surface area contributed by atoms with E-state index in [1.165, 1.54) is 4.90 Å². The van der Waals surface area contributed by atoms with Gasteiger partial charge < -0.3 is 10.6 Å². The SMILES string of the molecule is CN(C(=O)Cc1ccccc1CN)c1ccccc1C#N. The number of nitrogens with zero attached hydrogens (tertiary/aromatic N) is 2. The summed E-state index contributed by atoms with van der Waals surface area (Å²) in [5.41, 5.74) is 8.69. The molecule has 4 heteroatoms. The minimum atomic E-state index is -0.0707. The molecule has 2 aromatic carbocycles. The van der Waals surface area contributed by atoms with E-state index in [0.29, 0.717) is 17.8 Å². The molecule has 0 aliphatic heterocycles. The van der Waals surface area contributed by atoms with Crippen molar-refractivity contribution in [1.29, 1.82) is 5.26 Å². The number of carbonyl (C=O) groups is 1. The first kappa shape index (κ1) is 14.8. The highest BCUT2D eigenvalue weighted by atomic mass is 16.2. The quantitative estimate of drug-likeness (QED) is 0.933. The van der Waals surface area contributed by atoms with E-state index in [2.05, 4.69) is 6.07 Å². The Hall–Kier alpha value is -2.64. The van der Waals surface area contributed by atoms with E-state index in [1.807, 2.05) is 30.3 Å². The van der Waals surface area contributed by atoms with Crippen molar-refractivity contribution in [3.05, 3.63) is 65.2 Å². The zero-order valence-electron chi connectivity index (χ0n) is 11.9. The maximum atomic E-state index is 12.4. The maximum Gasteiger partial charge on any atom is 0.231 e. The molecule has 0 heterocycles. The summed E-state index contributed by atoms with van der Waals surface area (Å²) < 4.78 is 0. The fourth-order valence-corrected chi connectivity index (χ4v) is 2.21. The summed E-state index contributed by atoms with van der Waals surface area (Å²) >= 11 is 0. The van der Waals surface area contributed by atoms with Crippen molar-refractivity contribution in [1.82, 2.24) is 0 Å². The number of nitriles is 1. The number of rotatable bonds is 4. The molecule has 0 aliphatic rings. The number of nitrogens with two attached hydrogens (primary N) is 1. The highest BCUT2D eigenvalue weighted by molar-refractivity contribution is 5.95. The molecule has 0 saturated carbocycles. The Morgan fingerprint density at radius 2 is 1.76 bits per heavy atom. The van der Waals surface area contributed by atoms with Crippen molar-refractivity contribution in [3.8, 4) is 6.07 Å². The van der Waals surface area contributed by atoms with Gasteiger partial charge in [-0.3, -0.25) is 4.79 Å². The van der Waals surface area contributed by atoms with Crippen LogP contribution in [0.5, 0.6) is 0 Å². The predicted octanol–water partition coefficient (Wildman–Crippen LogP) is 2.22. The van der Waals surface area contributed by atoms with Gasteiger partial charge in [0.25, 0.3) is 0 Å². The third-order valence-electron chi connectivity index (χ3n) is 3.44. The number of carbonyl (C=O) groups excluding carboxylic acids is 1. The summed E-state index contributed by atoms with van der Waals surface area (Å²) in [4.78, 5) is 13.9. The van der Waals surface area contributed by atoms with Gasteiger partial charge in [0.15, 0.2) is 0 Å². The van der Waals surface area contributed by atoms with Crippen LogP contribution in [-0.2, 0) is 17.8 Å². The Kier molecular flexibility index (Phi) is 4.70. The minimum absolute atomic E-state index is 0.0707. The van der Waals surface area contributed by atoms with Crippen molar-refractivity contribution in [2.24, 2.45) is 5.73 Å². The van der Waals surface area contributed by atoms with Crippen LogP contribution in [0, 0.1) is 11.3 Å². The first-order chi connectivity index (χ1) is 10.2. The Bertz CT molecular complexity index is 688.